The molecule has 1 N–H and O–H groups in total. The van der Waals surface area contributed by atoms with E-state index in [4.69, 9.17) is 9.40 Å². The molecule has 1 aliphatic carbocycles. The number of aromatic nitrogens is 4. The molecule has 160 valence electrons. The van der Waals surface area contributed by atoms with Gasteiger partial charge in [0.25, 0.3) is 5.56 Å². The zero-order valence-electron chi connectivity index (χ0n) is 17.5. The number of nitrogens with one attached hydrogen (secondary N) is 1. The number of rotatable bonds is 6. The number of carbonyl (C=O) groups is 1. The van der Waals surface area contributed by atoms with Crippen molar-refractivity contribution in [3.05, 3.63) is 26.7 Å². The Hall–Kier alpha value is -2.20. The second kappa shape index (κ2) is 8.50. The molecule has 0 atom stereocenters. The minimum absolute atomic E-state index is 0.00938. The second-order valence-corrected chi connectivity index (χ2v) is 10.1. The predicted octanol–water partition coefficient (Wildman–Crippen LogP) is 4.43. The average molecular weight is 448 g/mol. The van der Waals surface area contributed by atoms with Crippen molar-refractivity contribution in [3.8, 4) is 0 Å². The molecule has 0 unspecified atom stereocenters. The number of anilines is 1. The van der Waals surface area contributed by atoms with Crippen molar-refractivity contribution in [3.63, 3.8) is 0 Å². The monoisotopic (exact) mass is 447 g/mol. The summed E-state index contributed by atoms with van der Waals surface area (Å²) in [6.07, 6.45) is 4.15. The van der Waals surface area contributed by atoms with E-state index < -0.39 is 0 Å². The van der Waals surface area contributed by atoms with Crippen LogP contribution in [0, 0.1) is 13.8 Å². The Labute approximate surface area is 182 Å². The van der Waals surface area contributed by atoms with E-state index in [1.165, 1.54) is 23.1 Å². The molecular formula is C20H25N5O3S2. The first-order chi connectivity index (χ1) is 14.3. The molecule has 1 aliphatic rings. The number of hydrogen-bond donors (Lipinski definition) is 1. The molecule has 1 saturated carbocycles. The molecule has 0 aliphatic heterocycles. The quantitative estimate of drug-likeness (QED) is 0.440. The Morgan fingerprint density at radius 2 is 2.03 bits per heavy atom. The highest BCUT2D eigenvalue weighted by Crippen LogP contribution is 2.34. The number of thiophene rings is 1. The minimum Gasteiger partial charge on any atom is -0.408 e. The molecule has 0 radical (unpaired) electrons. The van der Waals surface area contributed by atoms with Crippen molar-refractivity contribution >= 4 is 45.2 Å². The van der Waals surface area contributed by atoms with Crippen LogP contribution in [-0.2, 0) is 4.79 Å². The summed E-state index contributed by atoms with van der Waals surface area (Å²) in [4.78, 5) is 32.4. The number of hydrogen-bond acceptors (Lipinski definition) is 8. The van der Waals surface area contributed by atoms with Crippen LogP contribution in [0.25, 0.3) is 10.2 Å². The van der Waals surface area contributed by atoms with E-state index in [1.807, 2.05) is 32.3 Å². The molecule has 4 rings (SSSR count). The van der Waals surface area contributed by atoms with Gasteiger partial charge in [0.2, 0.25) is 11.8 Å². The Morgan fingerprint density at radius 3 is 2.70 bits per heavy atom. The minimum atomic E-state index is -0.273. The van der Waals surface area contributed by atoms with Gasteiger partial charge in [-0.1, -0.05) is 43.5 Å². The molecule has 8 nitrogen and oxygen atoms in total. The van der Waals surface area contributed by atoms with Crippen LogP contribution in [0.2, 0.25) is 0 Å². The predicted molar refractivity (Wildman–Crippen MR) is 119 cm³/mol. The number of nitrogens with zero attached hydrogens (tertiary/aromatic N) is 4. The third-order valence-corrected chi connectivity index (χ3v) is 7.46. The highest BCUT2D eigenvalue weighted by molar-refractivity contribution is 7.99. The number of thioether (sulfide) groups is 1. The molecular weight excluding hydrogens is 422 g/mol. The van der Waals surface area contributed by atoms with Crippen LogP contribution in [0.3, 0.4) is 0 Å². The van der Waals surface area contributed by atoms with Gasteiger partial charge >= 0.3 is 6.01 Å². The lowest BCUT2D eigenvalue weighted by Gasteiger charge is -2.17. The Morgan fingerprint density at radius 1 is 1.30 bits per heavy atom. The lowest BCUT2D eigenvalue weighted by molar-refractivity contribution is -0.113. The third kappa shape index (κ3) is 4.02. The zero-order valence-corrected chi connectivity index (χ0v) is 19.2. The summed E-state index contributed by atoms with van der Waals surface area (Å²) in [6, 6.07) is 0.231. The average Bonchev–Trinajstić information content (AvgIpc) is 3.42. The van der Waals surface area contributed by atoms with Crippen molar-refractivity contribution in [2.45, 2.75) is 70.5 Å². The fourth-order valence-electron chi connectivity index (χ4n) is 3.68. The van der Waals surface area contributed by atoms with Gasteiger partial charge in [0.15, 0.2) is 5.16 Å². The Kier molecular flexibility index (Phi) is 5.97. The van der Waals surface area contributed by atoms with Gasteiger partial charge in [0.1, 0.15) is 4.83 Å². The lowest BCUT2D eigenvalue weighted by atomic mass is 10.2. The number of aryl methyl sites for hydroxylation is 2. The molecule has 0 spiro atoms. The Bertz CT molecular complexity index is 1140. The van der Waals surface area contributed by atoms with Gasteiger partial charge in [-0.05, 0) is 32.3 Å². The number of carbonyl (C=O) groups excluding carboxylic acids is 1. The summed E-state index contributed by atoms with van der Waals surface area (Å²) < 4.78 is 7.25. The van der Waals surface area contributed by atoms with Crippen LogP contribution < -0.4 is 10.9 Å². The molecule has 0 aromatic carbocycles. The van der Waals surface area contributed by atoms with Crippen LogP contribution in [0.5, 0.6) is 0 Å². The van der Waals surface area contributed by atoms with Gasteiger partial charge < -0.3 is 4.42 Å². The van der Waals surface area contributed by atoms with E-state index in [0.29, 0.717) is 16.4 Å². The fraction of sp³-hybridized carbons (Fsp3) is 0.550. The Balaban J connectivity index is 1.58. The lowest BCUT2D eigenvalue weighted by Crippen LogP contribution is -2.27. The maximum atomic E-state index is 13.4. The van der Waals surface area contributed by atoms with E-state index in [1.54, 1.807) is 0 Å². The molecule has 30 heavy (non-hydrogen) atoms. The van der Waals surface area contributed by atoms with Gasteiger partial charge in [-0.15, -0.1) is 16.4 Å². The van der Waals surface area contributed by atoms with Gasteiger partial charge in [-0.3, -0.25) is 19.5 Å². The first-order valence-corrected chi connectivity index (χ1v) is 11.9. The molecule has 10 heteroatoms. The summed E-state index contributed by atoms with van der Waals surface area (Å²) in [5, 5.41) is 11.7. The summed E-state index contributed by atoms with van der Waals surface area (Å²) in [6.45, 7) is 7.86. The van der Waals surface area contributed by atoms with Crippen molar-refractivity contribution in [2.24, 2.45) is 0 Å². The summed E-state index contributed by atoms with van der Waals surface area (Å²) >= 11 is 2.80. The van der Waals surface area contributed by atoms with E-state index >= 15 is 0 Å². The van der Waals surface area contributed by atoms with Gasteiger partial charge in [0.05, 0.1) is 11.1 Å². The van der Waals surface area contributed by atoms with Crippen molar-refractivity contribution < 1.29 is 9.21 Å². The van der Waals surface area contributed by atoms with Crippen LogP contribution >= 0.6 is 23.1 Å². The number of fused-ring (bicyclic) bond motifs is 1. The molecule has 0 bridgehead atoms. The highest BCUT2D eigenvalue weighted by Gasteiger charge is 2.25. The SMILES string of the molecule is Cc1sc2nc(SCC(=O)Nc3nnc(C(C)C)o3)n(C3CCCC3)c(=O)c2c1C. The first-order valence-electron chi connectivity index (χ1n) is 10.1. The summed E-state index contributed by atoms with van der Waals surface area (Å²) in [7, 11) is 0. The van der Waals surface area contributed by atoms with Crippen LogP contribution in [-0.4, -0.2) is 31.4 Å². The number of amides is 1. The highest BCUT2D eigenvalue weighted by atomic mass is 32.2. The largest absolute Gasteiger partial charge is 0.408 e. The second-order valence-electron chi connectivity index (χ2n) is 7.91. The first kappa shape index (κ1) is 21.0. The van der Waals surface area contributed by atoms with E-state index in [9.17, 15) is 9.59 Å². The molecule has 3 aromatic heterocycles. The standard InChI is InChI=1S/C20H25N5O3S2/c1-10(2)16-23-24-19(28-16)21-14(26)9-29-20-22-17-15(11(3)12(4)30-17)18(27)25(20)13-7-5-6-8-13/h10,13H,5-9H2,1-4H3,(H,21,24,26). The van der Waals surface area contributed by atoms with Crippen molar-refractivity contribution in [2.75, 3.05) is 11.1 Å². The van der Waals surface area contributed by atoms with E-state index in [0.717, 1.165) is 41.0 Å². The summed E-state index contributed by atoms with van der Waals surface area (Å²) in [5.41, 5.74) is 1.01. The summed E-state index contributed by atoms with van der Waals surface area (Å²) in [5.74, 6) is 0.397. The maximum absolute atomic E-state index is 13.4. The molecule has 1 amide bonds. The van der Waals surface area contributed by atoms with E-state index in [-0.39, 0.29) is 35.2 Å². The third-order valence-electron chi connectivity index (χ3n) is 5.41. The zero-order chi connectivity index (χ0) is 21.4. The van der Waals surface area contributed by atoms with E-state index in [2.05, 4.69) is 15.5 Å². The maximum Gasteiger partial charge on any atom is 0.322 e. The van der Waals surface area contributed by atoms with Gasteiger partial charge in [-0.25, -0.2) is 4.98 Å². The van der Waals surface area contributed by atoms with Gasteiger partial charge in [-0.2, -0.15) is 0 Å². The smallest absolute Gasteiger partial charge is 0.322 e. The fourth-order valence-corrected chi connectivity index (χ4v) is 5.61. The normalized spacial score (nSPS) is 14.8. The van der Waals surface area contributed by atoms with Crippen LogP contribution in [0.4, 0.5) is 6.01 Å². The molecule has 1 fully saturated rings. The molecule has 3 heterocycles. The van der Waals surface area contributed by atoms with Crippen LogP contribution in [0.1, 0.15) is 67.8 Å². The topological polar surface area (TPSA) is 103 Å². The van der Waals surface area contributed by atoms with Crippen molar-refractivity contribution in [1.29, 1.82) is 0 Å². The van der Waals surface area contributed by atoms with Gasteiger partial charge in [0, 0.05) is 16.8 Å². The van der Waals surface area contributed by atoms with Crippen molar-refractivity contribution in [1.82, 2.24) is 19.7 Å². The molecule has 3 aromatic rings. The van der Waals surface area contributed by atoms with Crippen LogP contribution in [0.15, 0.2) is 14.4 Å². The molecule has 0 saturated heterocycles.